The van der Waals surface area contributed by atoms with Gasteiger partial charge in [0.15, 0.2) is 11.6 Å². The smallest absolute Gasteiger partial charge is 0.317 e. The van der Waals surface area contributed by atoms with Crippen LogP contribution in [0.1, 0.15) is 89.0 Å². The maximum atomic E-state index is 14.9. The zero-order chi connectivity index (χ0) is 25.8. The number of piperidine rings is 1. The highest BCUT2D eigenvalue weighted by atomic mass is 19.2. The Labute approximate surface area is 216 Å². The van der Waals surface area contributed by atoms with Crippen molar-refractivity contribution >= 4 is 6.03 Å². The molecule has 1 aliphatic carbocycles. The number of halogens is 2. The van der Waals surface area contributed by atoms with Gasteiger partial charge in [-0.1, -0.05) is 50.7 Å². The van der Waals surface area contributed by atoms with Crippen molar-refractivity contribution in [3.05, 3.63) is 35.4 Å². The van der Waals surface area contributed by atoms with Gasteiger partial charge in [0.2, 0.25) is 0 Å². The van der Waals surface area contributed by atoms with Crippen LogP contribution in [0.15, 0.2) is 18.2 Å². The molecule has 1 saturated carbocycles. The van der Waals surface area contributed by atoms with E-state index in [1.807, 2.05) is 18.9 Å². The molecule has 0 unspecified atom stereocenters. The number of carbonyl (C=O) groups is 1. The lowest BCUT2D eigenvalue weighted by atomic mass is 9.78. The lowest BCUT2D eigenvalue weighted by Crippen LogP contribution is -2.51. The fraction of sp³-hybridized carbons (Fsp3) is 0.759. The number of hydrogen-bond donors (Lipinski definition) is 2. The summed E-state index contributed by atoms with van der Waals surface area (Å²) in [6, 6.07) is 4.59. The van der Waals surface area contributed by atoms with Gasteiger partial charge in [-0.05, 0) is 75.5 Å². The minimum Gasteiger partial charge on any atom is -0.382 e. The fourth-order valence-electron chi connectivity index (χ4n) is 6.22. The van der Waals surface area contributed by atoms with Crippen LogP contribution in [0.3, 0.4) is 0 Å². The number of hydrogen-bond acceptors (Lipinski definition) is 3. The van der Waals surface area contributed by atoms with Gasteiger partial charge in [-0.25, -0.2) is 13.6 Å². The SMILES string of the molecule is CCOCCCC[C@@H](c1cccc(F)c1F)[C@@H]1CCCN(C(=O)N[C@H](CNC)CC2CCCCC2)C1. The van der Waals surface area contributed by atoms with Crippen LogP contribution in [-0.2, 0) is 4.74 Å². The Morgan fingerprint density at radius 3 is 2.69 bits per heavy atom. The third-order valence-electron chi connectivity index (χ3n) is 8.07. The van der Waals surface area contributed by atoms with Crippen molar-refractivity contribution in [3.8, 4) is 0 Å². The minimum atomic E-state index is -0.796. The third kappa shape index (κ3) is 8.69. The number of likely N-dealkylation sites (tertiary alicyclic amines) is 1. The number of amides is 2. The van der Waals surface area contributed by atoms with Crippen molar-refractivity contribution in [2.24, 2.45) is 11.8 Å². The Balaban J connectivity index is 1.65. The number of nitrogens with one attached hydrogen (secondary N) is 2. The van der Waals surface area contributed by atoms with E-state index in [0.717, 1.165) is 45.1 Å². The van der Waals surface area contributed by atoms with Crippen LogP contribution in [0.25, 0.3) is 0 Å². The van der Waals surface area contributed by atoms with Crippen LogP contribution < -0.4 is 10.6 Å². The number of likely N-dealkylation sites (N-methyl/N-ethyl adjacent to an activating group) is 1. The number of carbonyl (C=O) groups excluding carboxylic acids is 1. The molecule has 1 aromatic carbocycles. The molecule has 0 aromatic heterocycles. The normalized spacial score (nSPS) is 20.8. The first-order valence-electron chi connectivity index (χ1n) is 14.2. The summed E-state index contributed by atoms with van der Waals surface area (Å²) in [7, 11) is 1.93. The highest BCUT2D eigenvalue weighted by Crippen LogP contribution is 2.37. The number of rotatable bonds is 13. The fourth-order valence-corrected chi connectivity index (χ4v) is 6.22. The van der Waals surface area contributed by atoms with Gasteiger partial charge in [0.05, 0.1) is 0 Å². The Morgan fingerprint density at radius 2 is 1.94 bits per heavy atom. The molecule has 1 saturated heterocycles. The molecular formula is C29H47F2N3O2. The molecule has 0 spiro atoms. The number of benzene rings is 1. The van der Waals surface area contributed by atoms with Crippen LogP contribution in [0, 0.1) is 23.5 Å². The van der Waals surface area contributed by atoms with Crippen molar-refractivity contribution in [1.82, 2.24) is 15.5 Å². The maximum Gasteiger partial charge on any atom is 0.317 e. The standard InChI is InChI=1S/C29H47F2N3O2/c1-3-36-18-8-7-14-25(26-15-9-16-27(30)28(26)31)23-13-10-17-34(21-23)29(35)33-24(20-32-2)19-22-11-5-4-6-12-22/h9,15-16,22-25,32H,3-8,10-14,17-21H2,1-2H3,(H,33,35)/t23-,24+,25-/m1/s1. The Kier molecular flexibility index (Phi) is 12.4. The van der Waals surface area contributed by atoms with Crippen LogP contribution in [-0.4, -0.2) is 56.9 Å². The average Bonchev–Trinajstić information content (AvgIpc) is 2.89. The highest BCUT2D eigenvalue weighted by Gasteiger charge is 2.33. The van der Waals surface area contributed by atoms with E-state index in [4.69, 9.17) is 4.74 Å². The summed E-state index contributed by atoms with van der Waals surface area (Å²) in [6.45, 7) is 5.39. The number of urea groups is 1. The van der Waals surface area contributed by atoms with E-state index in [2.05, 4.69) is 10.6 Å². The molecule has 2 N–H and O–H groups in total. The molecule has 5 nitrogen and oxygen atoms in total. The minimum absolute atomic E-state index is 0.0226. The second kappa shape index (κ2) is 15.5. The molecule has 1 heterocycles. The van der Waals surface area contributed by atoms with E-state index in [-0.39, 0.29) is 23.9 Å². The van der Waals surface area contributed by atoms with Gasteiger partial charge in [0, 0.05) is 38.9 Å². The molecule has 1 aromatic rings. The van der Waals surface area contributed by atoms with Gasteiger partial charge in [-0.3, -0.25) is 0 Å². The van der Waals surface area contributed by atoms with Crippen molar-refractivity contribution < 1.29 is 18.3 Å². The molecule has 204 valence electrons. The molecule has 0 bridgehead atoms. The number of ether oxygens (including phenoxy) is 1. The summed E-state index contributed by atoms with van der Waals surface area (Å²) in [5, 5.41) is 6.54. The molecule has 3 atom stereocenters. The van der Waals surface area contributed by atoms with Crippen LogP contribution in [0.4, 0.5) is 13.6 Å². The average molecular weight is 508 g/mol. The first kappa shape index (κ1) is 28.8. The second-order valence-corrected chi connectivity index (χ2v) is 10.7. The predicted molar refractivity (Wildman–Crippen MR) is 141 cm³/mol. The Bertz CT molecular complexity index is 788. The van der Waals surface area contributed by atoms with Crippen LogP contribution >= 0.6 is 0 Å². The Morgan fingerprint density at radius 1 is 1.14 bits per heavy atom. The lowest BCUT2D eigenvalue weighted by Gasteiger charge is -2.38. The van der Waals surface area contributed by atoms with E-state index >= 15 is 0 Å². The van der Waals surface area contributed by atoms with Gasteiger partial charge in [-0.15, -0.1) is 0 Å². The van der Waals surface area contributed by atoms with E-state index in [1.54, 1.807) is 12.1 Å². The van der Waals surface area contributed by atoms with E-state index < -0.39 is 11.6 Å². The molecule has 3 rings (SSSR count). The molecular weight excluding hydrogens is 460 g/mol. The first-order valence-corrected chi connectivity index (χ1v) is 14.2. The van der Waals surface area contributed by atoms with Crippen molar-refractivity contribution in [2.75, 3.05) is 39.9 Å². The molecule has 2 fully saturated rings. The van der Waals surface area contributed by atoms with E-state index in [0.29, 0.717) is 37.8 Å². The summed E-state index contributed by atoms with van der Waals surface area (Å²) < 4.78 is 34.5. The summed E-state index contributed by atoms with van der Waals surface area (Å²) in [5.74, 6) is -0.865. The second-order valence-electron chi connectivity index (χ2n) is 10.7. The predicted octanol–water partition coefficient (Wildman–Crippen LogP) is 6.24. The van der Waals surface area contributed by atoms with Crippen LogP contribution in [0.5, 0.6) is 0 Å². The van der Waals surface area contributed by atoms with E-state index in [1.165, 1.54) is 38.2 Å². The van der Waals surface area contributed by atoms with Gasteiger partial charge < -0.3 is 20.3 Å². The quantitative estimate of drug-likeness (QED) is 0.311. The Hall–Kier alpha value is -1.73. The molecule has 7 heteroatoms. The zero-order valence-corrected chi connectivity index (χ0v) is 22.4. The topological polar surface area (TPSA) is 53.6 Å². The molecule has 0 radical (unpaired) electrons. The highest BCUT2D eigenvalue weighted by molar-refractivity contribution is 5.74. The number of nitrogens with zero attached hydrogens (tertiary/aromatic N) is 1. The van der Waals surface area contributed by atoms with Crippen LogP contribution in [0.2, 0.25) is 0 Å². The summed E-state index contributed by atoms with van der Waals surface area (Å²) >= 11 is 0. The van der Waals surface area contributed by atoms with Gasteiger partial charge >= 0.3 is 6.03 Å². The molecule has 2 aliphatic rings. The molecule has 36 heavy (non-hydrogen) atoms. The van der Waals surface area contributed by atoms with Gasteiger partial charge in [0.25, 0.3) is 0 Å². The first-order chi connectivity index (χ1) is 17.5. The lowest BCUT2D eigenvalue weighted by molar-refractivity contribution is 0.136. The zero-order valence-electron chi connectivity index (χ0n) is 22.4. The molecule has 1 aliphatic heterocycles. The third-order valence-corrected chi connectivity index (χ3v) is 8.07. The van der Waals surface area contributed by atoms with Gasteiger partial charge in [-0.2, -0.15) is 0 Å². The summed E-state index contributed by atoms with van der Waals surface area (Å²) in [4.78, 5) is 15.2. The monoisotopic (exact) mass is 507 g/mol. The largest absolute Gasteiger partial charge is 0.382 e. The van der Waals surface area contributed by atoms with Crippen molar-refractivity contribution in [3.63, 3.8) is 0 Å². The maximum absolute atomic E-state index is 14.9. The van der Waals surface area contributed by atoms with Crippen molar-refractivity contribution in [1.29, 1.82) is 0 Å². The van der Waals surface area contributed by atoms with Crippen molar-refractivity contribution in [2.45, 2.75) is 89.5 Å². The summed E-state index contributed by atoms with van der Waals surface area (Å²) in [5.41, 5.74) is 0.448. The van der Waals surface area contributed by atoms with Gasteiger partial charge in [0.1, 0.15) is 0 Å². The molecule has 2 amide bonds. The van der Waals surface area contributed by atoms with E-state index in [9.17, 15) is 13.6 Å². The number of unbranched alkanes of at least 4 members (excludes halogenated alkanes) is 1. The summed E-state index contributed by atoms with van der Waals surface area (Å²) in [6.07, 6.45) is 11.8.